The highest BCUT2D eigenvalue weighted by molar-refractivity contribution is 5.77. The molecule has 29 heavy (non-hydrogen) atoms. The van der Waals surface area contributed by atoms with Gasteiger partial charge in [0, 0.05) is 44.7 Å². The van der Waals surface area contributed by atoms with Crippen molar-refractivity contribution in [2.24, 2.45) is 0 Å². The predicted molar refractivity (Wildman–Crippen MR) is 105 cm³/mol. The van der Waals surface area contributed by atoms with Gasteiger partial charge in [-0.3, -0.25) is 4.79 Å². The molecule has 2 aliphatic rings. The molecular weight excluding hydrogens is 372 g/mol. The predicted octanol–water partition coefficient (Wildman–Crippen LogP) is 1.67. The summed E-state index contributed by atoms with van der Waals surface area (Å²) in [7, 11) is 0. The standard InChI is InChI=1S/C20H30N6O3/c1-16(2)18-11-17(23-29-18)13-26-9-10-28-20(12-19(26)27)3-5-24(6-4-20)7-8-25-14-21-22-15-25/h11,14-16H,3-10,12-13H2,1-2H3. The number of rotatable bonds is 6. The molecular formula is C20H30N6O3. The summed E-state index contributed by atoms with van der Waals surface area (Å²) in [5, 5.41) is 11.8. The van der Waals surface area contributed by atoms with E-state index in [2.05, 4.69) is 34.1 Å². The van der Waals surface area contributed by atoms with Crippen molar-refractivity contribution >= 4 is 5.91 Å². The first kappa shape index (κ1) is 20.0. The largest absolute Gasteiger partial charge is 0.373 e. The van der Waals surface area contributed by atoms with E-state index >= 15 is 0 Å². The lowest BCUT2D eigenvalue weighted by Gasteiger charge is -2.40. The van der Waals surface area contributed by atoms with E-state index in [1.165, 1.54) is 0 Å². The molecule has 0 aliphatic carbocycles. The van der Waals surface area contributed by atoms with E-state index in [4.69, 9.17) is 9.26 Å². The molecule has 0 aromatic carbocycles. The van der Waals surface area contributed by atoms with Crippen molar-refractivity contribution in [3.05, 3.63) is 30.2 Å². The Morgan fingerprint density at radius 1 is 1.14 bits per heavy atom. The molecule has 2 aromatic rings. The molecule has 2 aromatic heterocycles. The van der Waals surface area contributed by atoms with E-state index in [1.807, 2.05) is 15.5 Å². The summed E-state index contributed by atoms with van der Waals surface area (Å²) in [6.07, 6.45) is 5.70. The van der Waals surface area contributed by atoms with E-state index in [0.717, 1.165) is 50.5 Å². The topological polar surface area (TPSA) is 89.5 Å². The van der Waals surface area contributed by atoms with Gasteiger partial charge in [-0.2, -0.15) is 0 Å². The van der Waals surface area contributed by atoms with Crippen LogP contribution in [0.25, 0.3) is 0 Å². The van der Waals surface area contributed by atoms with Crippen LogP contribution in [0.2, 0.25) is 0 Å². The van der Waals surface area contributed by atoms with Crippen LogP contribution >= 0.6 is 0 Å². The van der Waals surface area contributed by atoms with E-state index < -0.39 is 0 Å². The number of amides is 1. The average Bonchev–Trinajstić information content (AvgIpc) is 3.36. The van der Waals surface area contributed by atoms with E-state index in [1.54, 1.807) is 12.7 Å². The Labute approximate surface area is 171 Å². The Balaban J connectivity index is 1.30. The van der Waals surface area contributed by atoms with Gasteiger partial charge in [-0.15, -0.1) is 10.2 Å². The molecule has 0 N–H and O–H groups in total. The Hall–Kier alpha value is -2.26. The first-order chi connectivity index (χ1) is 14.0. The molecule has 4 heterocycles. The molecule has 158 valence electrons. The van der Waals surface area contributed by atoms with Gasteiger partial charge in [-0.25, -0.2) is 0 Å². The molecule has 2 fully saturated rings. The van der Waals surface area contributed by atoms with Gasteiger partial charge in [0.25, 0.3) is 0 Å². The maximum Gasteiger partial charge on any atom is 0.225 e. The van der Waals surface area contributed by atoms with Crippen LogP contribution in [-0.4, -0.2) is 74.0 Å². The number of ether oxygens (including phenoxy) is 1. The number of hydrogen-bond acceptors (Lipinski definition) is 7. The second-order valence-electron chi connectivity index (χ2n) is 8.44. The van der Waals surface area contributed by atoms with Gasteiger partial charge in [0.2, 0.25) is 5.91 Å². The van der Waals surface area contributed by atoms with E-state index in [9.17, 15) is 4.79 Å². The van der Waals surface area contributed by atoms with Crippen LogP contribution < -0.4 is 0 Å². The molecule has 9 heteroatoms. The Bertz CT molecular complexity index is 795. The second kappa shape index (κ2) is 8.62. The fraction of sp³-hybridized carbons (Fsp3) is 0.700. The molecule has 2 saturated heterocycles. The highest BCUT2D eigenvalue weighted by atomic mass is 16.5. The number of hydrogen-bond donors (Lipinski definition) is 0. The lowest BCUT2D eigenvalue weighted by atomic mass is 9.87. The van der Waals surface area contributed by atoms with Crippen molar-refractivity contribution in [3.8, 4) is 0 Å². The smallest absolute Gasteiger partial charge is 0.225 e. The molecule has 0 radical (unpaired) electrons. The van der Waals surface area contributed by atoms with Crippen molar-refractivity contribution in [2.45, 2.75) is 57.7 Å². The molecule has 0 saturated carbocycles. The minimum Gasteiger partial charge on any atom is -0.373 e. The van der Waals surface area contributed by atoms with Crippen LogP contribution in [-0.2, 0) is 22.6 Å². The fourth-order valence-corrected chi connectivity index (χ4v) is 4.07. The van der Waals surface area contributed by atoms with Crippen LogP contribution in [0, 0.1) is 0 Å². The van der Waals surface area contributed by atoms with Gasteiger partial charge in [0.1, 0.15) is 24.1 Å². The van der Waals surface area contributed by atoms with Gasteiger partial charge < -0.3 is 23.6 Å². The van der Waals surface area contributed by atoms with Gasteiger partial charge in [-0.1, -0.05) is 19.0 Å². The minimum absolute atomic E-state index is 0.148. The summed E-state index contributed by atoms with van der Waals surface area (Å²) in [6, 6.07) is 1.95. The van der Waals surface area contributed by atoms with Gasteiger partial charge >= 0.3 is 0 Å². The van der Waals surface area contributed by atoms with E-state index in [0.29, 0.717) is 26.1 Å². The summed E-state index contributed by atoms with van der Waals surface area (Å²) < 4.78 is 13.6. The average molecular weight is 402 g/mol. The number of carbonyl (C=O) groups excluding carboxylic acids is 1. The molecule has 0 atom stereocenters. The summed E-state index contributed by atoms with van der Waals surface area (Å²) in [5.41, 5.74) is 0.480. The second-order valence-corrected chi connectivity index (χ2v) is 8.44. The molecule has 1 spiro atoms. The molecule has 9 nitrogen and oxygen atoms in total. The molecule has 4 rings (SSSR count). The van der Waals surface area contributed by atoms with Crippen molar-refractivity contribution in [1.82, 2.24) is 29.7 Å². The zero-order valence-corrected chi connectivity index (χ0v) is 17.3. The number of nitrogens with zero attached hydrogens (tertiary/aromatic N) is 6. The van der Waals surface area contributed by atoms with Gasteiger partial charge in [0.15, 0.2) is 0 Å². The van der Waals surface area contributed by atoms with E-state index in [-0.39, 0.29) is 17.4 Å². The van der Waals surface area contributed by atoms with Crippen molar-refractivity contribution < 1.29 is 14.1 Å². The van der Waals surface area contributed by atoms with Crippen LogP contribution in [0.5, 0.6) is 0 Å². The number of aromatic nitrogens is 4. The van der Waals surface area contributed by atoms with Crippen LogP contribution in [0.3, 0.4) is 0 Å². The maximum atomic E-state index is 13.0. The maximum absolute atomic E-state index is 13.0. The van der Waals surface area contributed by atoms with Crippen molar-refractivity contribution in [3.63, 3.8) is 0 Å². The monoisotopic (exact) mass is 402 g/mol. The van der Waals surface area contributed by atoms with Crippen molar-refractivity contribution in [1.29, 1.82) is 0 Å². The quantitative estimate of drug-likeness (QED) is 0.726. The Morgan fingerprint density at radius 2 is 1.90 bits per heavy atom. The third-order valence-electron chi connectivity index (χ3n) is 6.00. The summed E-state index contributed by atoms with van der Waals surface area (Å²) in [5.74, 6) is 1.29. The van der Waals surface area contributed by atoms with Crippen molar-refractivity contribution in [2.75, 3.05) is 32.8 Å². The first-order valence-corrected chi connectivity index (χ1v) is 10.4. The Kier molecular flexibility index (Phi) is 5.96. The lowest BCUT2D eigenvalue weighted by Crippen LogP contribution is -2.47. The zero-order valence-electron chi connectivity index (χ0n) is 17.3. The van der Waals surface area contributed by atoms with Crippen LogP contribution in [0.4, 0.5) is 0 Å². The highest BCUT2D eigenvalue weighted by Gasteiger charge is 2.40. The number of likely N-dealkylation sites (tertiary alicyclic amines) is 1. The Morgan fingerprint density at radius 3 is 2.59 bits per heavy atom. The third-order valence-corrected chi connectivity index (χ3v) is 6.00. The zero-order chi connectivity index (χ0) is 20.3. The summed E-state index contributed by atoms with van der Waals surface area (Å²) in [6.45, 7) is 9.51. The third kappa shape index (κ3) is 4.84. The number of piperidine rings is 1. The number of carbonyl (C=O) groups is 1. The van der Waals surface area contributed by atoms with Gasteiger partial charge in [0.05, 0.1) is 25.2 Å². The normalized spacial score (nSPS) is 20.5. The molecule has 1 amide bonds. The molecule has 0 bridgehead atoms. The SMILES string of the molecule is CC(C)c1cc(CN2CCOC3(CCN(CCn4cnnc4)CC3)CC2=O)no1. The first-order valence-electron chi connectivity index (χ1n) is 10.4. The summed E-state index contributed by atoms with van der Waals surface area (Å²) >= 11 is 0. The van der Waals surface area contributed by atoms with Gasteiger partial charge in [-0.05, 0) is 12.8 Å². The molecule has 2 aliphatic heterocycles. The molecule has 0 unspecified atom stereocenters. The summed E-state index contributed by atoms with van der Waals surface area (Å²) in [4.78, 5) is 17.2. The minimum atomic E-state index is -0.328. The van der Waals surface area contributed by atoms with Crippen LogP contribution in [0.1, 0.15) is 50.5 Å². The fourth-order valence-electron chi connectivity index (χ4n) is 4.07. The lowest BCUT2D eigenvalue weighted by molar-refractivity contribution is -0.136. The van der Waals surface area contributed by atoms with Crippen LogP contribution in [0.15, 0.2) is 23.2 Å². The highest BCUT2D eigenvalue weighted by Crippen LogP contribution is 2.32.